The second-order valence-corrected chi connectivity index (χ2v) is 11.1. The van der Waals surface area contributed by atoms with Gasteiger partial charge in [-0.15, -0.1) is 0 Å². The molecule has 2 atom stereocenters. The Labute approximate surface area is 235 Å². The molecule has 2 N–H and O–H groups in total. The average molecular weight is 546 g/mol. The molecule has 204 valence electrons. The number of halogens is 1. The van der Waals surface area contributed by atoms with E-state index in [-0.39, 0.29) is 17.9 Å². The summed E-state index contributed by atoms with van der Waals surface area (Å²) in [6.45, 7) is 5.64. The largest absolute Gasteiger partial charge is 0.367 e. The second kappa shape index (κ2) is 12.2. The lowest BCUT2D eigenvalue weighted by Gasteiger charge is -2.37. The number of hydrogen-bond acceptors (Lipinski definition) is 5. The Hall–Kier alpha value is -3.39. The molecule has 0 radical (unpaired) electrons. The molecule has 3 aromatic carbocycles. The summed E-state index contributed by atoms with van der Waals surface area (Å²) >= 11 is 6.13. The van der Waals surface area contributed by atoms with Gasteiger partial charge in [0, 0.05) is 67.4 Å². The zero-order chi connectivity index (χ0) is 27.4. The molecule has 1 aliphatic heterocycles. The third kappa shape index (κ3) is 6.98. The van der Waals surface area contributed by atoms with Gasteiger partial charge in [-0.2, -0.15) is 0 Å². The van der Waals surface area contributed by atoms with Crippen LogP contribution < -0.4 is 15.5 Å². The first-order chi connectivity index (χ1) is 18.9. The maximum atomic E-state index is 13.2. The van der Waals surface area contributed by atoms with Gasteiger partial charge < -0.3 is 20.4 Å². The highest BCUT2D eigenvalue weighted by molar-refractivity contribution is 6.31. The Morgan fingerprint density at radius 3 is 2.36 bits per heavy atom. The van der Waals surface area contributed by atoms with E-state index < -0.39 is 0 Å². The van der Waals surface area contributed by atoms with E-state index in [1.165, 1.54) is 5.56 Å². The van der Waals surface area contributed by atoms with E-state index in [0.717, 1.165) is 51.4 Å². The Morgan fingerprint density at radius 2 is 1.64 bits per heavy atom. The van der Waals surface area contributed by atoms with Gasteiger partial charge in [-0.1, -0.05) is 48.0 Å². The van der Waals surface area contributed by atoms with Crippen LogP contribution in [0, 0.1) is 0 Å². The van der Waals surface area contributed by atoms with Crippen molar-refractivity contribution in [1.82, 2.24) is 15.1 Å². The summed E-state index contributed by atoms with van der Waals surface area (Å²) < 4.78 is 0. The molecule has 2 amide bonds. The SMILES string of the molecule is CN(C)CCN1CCN(c2ccc(C(=O)NC3C[C@@H]3c3ccccc3)cc2NC(=O)c2cccc(Cl)c2)CC1. The molecule has 0 aromatic heterocycles. The molecule has 2 fully saturated rings. The van der Waals surface area contributed by atoms with Crippen molar-refractivity contribution in [1.29, 1.82) is 0 Å². The van der Waals surface area contributed by atoms with Crippen LogP contribution in [0.15, 0.2) is 72.8 Å². The van der Waals surface area contributed by atoms with Crippen LogP contribution in [-0.4, -0.2) is 81.0 Å². The van der Waals surface area contributed by atoms with Crippen LogP contribution in [0.25, 0.3) is 0 Å². The van der Waals surface area contributed by atoms with Gasteiger partial charge in [-0.05, 0) is 62.5 Å². The maximum absolute atomic E-state index is 13.2. The van der Waals surface area contributed by atoms with E-state index in [1.54, 1.807) is 30.3 Å². The molecule has 7 nitrogen and oxygen atoms in total. The van der Waals surface area contributed by atoms with E-state index in [2.05, 4.69) is 51.6 Å². The predicted molar refractivity (Wildman–Crippen MR) is 158 cm³/mol. The minimum atomic E-state index is -0.257. The van der Waals surface area contributed by atoms with E-state index in [9.17, 15) is 9.59 Å². The Bertz CT molecular complexity index is 1310. The highest BCUT2D eigenvalue weighted by Crippen LogP contribution is 2.41. The fourth-order valence-electron chi connectivity index (χ4n) is 5.11. The van der Waals surface area contributed by atoms with Crippen LogP contribution >= 0.6 is 11.6 Å². The normalized spacial score (nSPS) is 19.1. The number of carbonyl (C=O) groups is 2. The fourth-order valence-corrected chi connectivity index (χ4v) is 5.30. The Balaban J connectivity index is 1.32. The summed E-state index contributed by atoms with van der Waals surface area (Å²) in [6, 6.07) is 22.9. The molecule has 8 heteroatoms. The summed E-state index contributed by atoms with van der Waals surface area (Å²) in [4.78, 5) is 33.3. The lowest BCUT2D eigenvalue weighted by Crippen LogP contribution is -2.48. The standard InChI is InChI=1S/C31H36ClN5O2/c1-35(2)13-14-36-15-17-37(18-16-36)29-12-11-24(20-28(29)34-30(38)23-9-6-10-25(32)19-23)31(39)33-27-21-26(27)22-7-4-3-5-8-22/h3-12,19-20,26-27H,13-18,21H2,1-2H3,(H,33,39)(H,34,38)/t26-,27?/m1/s1. The van der Waals surface area contributed by atoms with Gasteiger partial charge >= 0.3 is 0 Å². The monoisotopic (exact) mass is 545 g/mol. The van der Waals surface area contributed by atoms with Crippen molar-refractivity contribution in [2.45, 2.75) is 18.4 Å². The molecule has 1 unspecified atom stereocenters. The highest BCUT2D eigenvalue weighted by atomic mass is 35.5. The van der Waals surface area contributed by atoms with Crippen LogP contribution in [0.1, 0.15) is 38.6 Å². The Kier molecular flexibility index (Phi) is 8.50. The van der Waals surface area contributed by atoms with E-state index >= 15 is 0 Å². The number of hydrogen-bond donors (Lipinski definition) is 2. The number of amides is 2. The number of rotatable bonds is 9. The van der Waals surface area contributed by atoms with Crippen molar-refractivity contribution in [3.05, 3.63) is 94.5 Å². The van der Waals surface area contributed by atoms with Crippen molar-refractivity contribution in [2.75, 3.05) is 63.6 Å². The number of piperazine rings is 1. The third-order valence-electron chi connectivity index (χ3n) is 7.50. The van der Waals surface area contributed by atoms with E-state index in [0.29, 0.717) is 27.8 Å². The number of likely N-dealkylation sites (N-methyl/N-ethyl adjacent to an activating group) is 1. The van der Waals surface area contributed by atoms with Gasteiger partial charge in [0.15, 0.2) is 0 Å². The summed E-state index contributed by atoms with van der Waals surface area (Å²) in [5.74, 6) is -0.0378. The zero-order valence-corrected chi connectivity index (χ0v) is 23.3. The first-order valence-corrected chi connectivity index (χ1v) is 13.9. The van der Waals surface area contributed by atoms with Crippen LogP contribution in [0.2, 0.25) is 5.02 Å². The number of benzene rings is 3. The van der Waals surface area contributed by atoms with Crippen molar-refractivity contribution in [2.24, 2.45) is 0 Å². The van der Waals surface area contributed by atoms with Gasteiger partial charge in [0.25, 0.3) is 11.8 Å². The van der Waals surface area contributed by atoms with Gasteiger partial charge in [-0.3, -0.25) is 14.5 Å². The Morgan fingerprint density at radius 1 is 0.897 bits per heavy atom. The summed E-state index contributed by atoms with van der Waals surface area (Å²) in [5, 5.41) is 6.74. The summed E-state index contributed by atoms with van der Waals surface area (Å²) in [6.07, 6.45) is 0.935. The van der Waals surface area contributed by atoms with Crippen LogP contribution in [0.3, 0.4) is 0 Å². The number of anilines is 2. The molecule has 5 rings (SSSR count). The molecular weight excluding hydrogens is 510 g/mol. The molecule has 2 aliphatic rings. The molecule has 0 spiro atoms. The number of carbonyl (C=O) groups excluding carboxylic acids is 2. The molecule has 1 saturated heterocycles. The second-order valence-electron chi connectivity index (χ2n) is 10.7. The number of nitrogens with one attached hydrogen (secondary N) is 2. The molecule has 0 bridgehead atoms. The topological polar surface area (TPSA) is 67.9 Å². The van der Waals surface area contributed by atoms with Gasteiger partial charge in [0.05, 0.1) is 11.4 Å². The van der Waals surface area contributed by atoms with E-state index in [4.69, 9.17) is 11.6 Å². The minimum Gasteiger partial charge on any atom is -0.367 e. The molecule has 39 heavy (non-hydrogen) atoms. The third-order valence-corrected chi connectivity index (χ3v) is 7.74. The van der Waals surface area contributed by atoms with Crippen LogP contribution in [0.4, 0.5) is 11.4 Å². The van der Waals surface area contributed by atoms with E-state index in [1.807, 2.05) is 30.3 Å². The molecule has 3 aromatic rings. The molecule has 1 heterocycles. The first-order valence-electron chi connectivity index (χ1n) is 13.6. The zero-order valence-electron chi connectivity index (χ0n) is 22.6. The quantitative estimate of drug-likeness (QED) is 0.412. The maximum Gasteiger partial charge on any atom is 0.255 e. The van der Waals surface area contributed by atoms with Crippen molar-refractivity contribution in [3.8, 4) is 0 Å². The lowest BCUT2D eigenvalue weighted by atomic mass is 10.1. The predicted octanol–water partition coefficient (Wildman–Crippen LogP) is 4.56. The molecular formula is C31H36ClN5O2. The number of nitrogens with zero attached hydrogens (tertiary/aromatic N) is 3. The lowest BCUT2D eigenvalue weighted by molar-refractivity contribution is 0.0949. The molecule has 1 saturated carbocycles. The molecule has 1 aliphatic carbocycles. The summed E-state index contributed by atoms with van der Waals surface area (Å²) in [5.41, 5.74) is 3.80. The highest BCUT2D eigenvalue weighted by Gasteiger charge is 2.39. The minimum absolute atomic E-state index is 0.124. The van der Waals surface area contributed by atoms with Crippen molar-refractivity contribution < 1.29 is 9.59 Å². The van der Waals surface area contributed by atoms with Gasteiger partial charge in [0.2, 0.25) is 0 Å². The van der Waals surface area contributed by atoms with Gasteiger partial charge in [0.1, 0.15) is 0 Å². The average Bonchev–Trinajstić information content (AvgIpc) is 3.71. The van der Waals surface area contributed by atoms with Crippen LogP contribution in [0.5, 0.6) is 0 Å². The van der Waals surface area contributed by atoms with Gasteiger partial charge in [-0.25, -0.2) is 0 Å². The smallest absolute Gasteiger partial charge is 0.255 e. The fraction of sp³-hybridized carbons (Fsp3) is 0.355. The van der Waals surface area contributed by atoms with Crippen molar-refractivity contribution in [3.63, 3.8) is 0 Å². The van der Waals surface area contributed by atoms with Crippen LogP contribution in [-0.2, 0) is 0 Å². The summed E-state index contributed by atoms with van der Waals surface area (Å²) in [7, 11) is 4.18. The first kappa shape index (κ1) is 27.2. The van der Waals surface area contributed by atoms with Crippen molar-refractivity contribution >= 4 is 34.8 Å².